The van der Waals surface area contributed by atoms with Crippen molar-refractivity contribution >= 4 is 28.8 Å². The van der Waals surface area contributed by atoms with Crippen LogP contribution in [0.3, 0.4) is 0 Å². The summed E-state index contributed by atoms with van der Waals surface area (Å²) in [7, 11) is 0. The van der Waals surface area contributed by atoms with Crippen molar-refractivity contribution < 1.29 is 0 Å². The van der Waals surface area contributed by atoms with Crippen LogP contribution in [-0.2, 0) is 6.54 Å². The second-order valence-electron chi connectivity index (χ2n) is 6.31. The Morgan fingerprint density at radius 3 is 1.93 bits per heavy atom. The fourth-order valence-corrected chi connectivity index (χ4v) is 3.06. The molecule has 1 heterocycles. The van der Waals surface area contributed by atoms with E-state index in [1.807, 2.05) is 72.8 Å². The smallest absolute Gasteiger partial charge is 0.129 e. The molecule has 0 aliphatic rings. The first kappa shape index (κ1) is 20.2. The summed E-state index contributed by atoms with van der Waals surface area (Å²) in [6.07, 6.45) is 3.44. The average molecular weight is 404 g/mol. The monoisotopic (exact) mass is 403 g/mol. The van der Waals surface area contributed by atoms with Gasteiger partial charge in [-0.15, -0.1) is 0 Å². The summed E-state index contributed by atoms with van der Waals surface area (Å²) in [4.78, 5) is 8.57. The van der Waals surface area contributed by atoms with E-state index in [1.165, 1.54) is 0 Å². The number of hydrogen-bond acceptors (Lipinski definition) is 4. The SMILES string of the molecule is NC(=NCc1cccnc1)C(=C(N)c1ccccc1)/C(Cl)=C(\N)c1ccccc1. The second-order valence-corrected chi connectivity index (χ2v) is 6.69. The third-order valence-corrected chi connectivity index (χ3v) is 4.70. The van der Waals surface area contributed by atoms with Crippen LogP contribution in [0.15, 0.2) is 101 Å². The molecule has 3 rings (SSSR count). The maximum Gasteiger partial charge on any atom is 0.129 e. The lowest BCUT2D eigenvalue weighted by Gasteiger charge is -2.14. The molecule has 0 atom stereocenters. The molecule has 5 nitrogen and oxygen atoms in total. The lowest BCUT2D eigenvalue weighted by molar-refractivity contribution is 1.04. The molecule has 0 bridgehead atoms. The number of nitrogens with two attached hydrogens (primary N) is 3. The van der Waals surface area contributed by atoms with Gasteiger partial charge in [-0.05, 0) is 22.8 Å². The summed E-state index contributed by atoms with van der Waals surface area (Å²) < 4.78 is 0. The van der Waals surface area contributed by atoms with Gasteiger partial charge in [0.15, 0.2) is 0 Å². The van der Waals surface area contributed by atoms with Crippen LogP contribution < -0.4 is 17.2 Å². The topological polar surface area (TPSA) is 103 Å². The summed E-state index contributed by atoms with van der Waals surface area (Å²) >= 11 is 6.70. The third-order valence-electron chi connectivity index (χ3n) is 4.31. The molecule has 0 aliphatic heterocycles. The second kappa shape index (κ2) is 9.57. The summed E-state index contributed by atoms with van der Waals surface area (Å²) in [5.74, 6) is 0.207. The normalized spacial score (nSPS) is 13.5. The first-order valence-corrected chi connectivity index (χ1v) is 9.41. The van der Waals surface area contributed by atoms with Gasteiger partial charge in [-0.25, -0.2) is 0 Å². The number of amidine groups is 1. The quantitative estimate of drug-likeness (QED) is 0.330. The molecule has 0 radical (unpaired) electrons. The van der Waals surface area contributed by atoms with Crippen LogP contribution in [0.4, 0.5) is 0 Å². The molecule has 0 amide bonds. The molecule has 0 unspecified atom stereocenters. The molecule has 146 valence electrons. The van der Waals surface area contributed by atoms with Crippen molar-refractivity contribution in [1.82, 2.24) is 4.98 Å². The molecule has 6 N–H and O–H groups in total. The van der Waals surface area contributed by atoms with Crippen LogP contribution >= 0.6 is 11.6 Å². The molecule has 6 heteroatoms. The predicted octanol–water partition coefficient (Wildman–Crippen LogP) is 3.88. The lowest BCUT2D eigenvalue weighted by Crippen LogP contribution is -2.21. The molecule has 3 aromatic rings. The number of pyridine rings is 1. The molecule has 0 aliphatic carbocycles. The Morgan fingerprint density at radius 2 is 1.38 bits per heavy atom. The standard InChI is InChI=1S/C23H22ClN5/c24-20(22(26)18-11-5-2-6-12-18)19(21(25)17-9-3-1-4-10-17)23(27)29-15-16-8-7-13-28-14-16/h1-14H,15,25-26H2,(H2,27,29)/b21-19?,22-20+. The molecular weight excluding hydrogens is 382 g/mol. The zero-order valence-electron chi connectivity index (χ0n) is 15.8. The van der Waals surface area contributed by atoms with Crippen LogP contribution in [0.1, 0.15) is 16.7 Å². The Balaban J connectivity index is 2.09. The zero-order chi connectivity index (χ0) is 20.6. The van der Waals surface area contributed by atoms with Gasteiger partial charge in [-0.2, -0.15) is 0 Å². The molecular formula is C23H22ClN5. The zero-order valence-corrected chi connectivity index (χ0v) is 16.6. The molecule has 0 saturated carbocycles. The van der Waals surface area contributed by atoms with E-state index in [0.29, 0.717) is 23.5 Å². The average Bonchev–Trinajstić information content (AvgIpc) is 2.79. The first-order chi connectivity index (χ1) is 14.1. The van der Waals surface area contributed by atoms with Gasteiger partial charge in [0, 0.05) is 12.4 Å². The van der Waals surface area contributed by atoms with E-state index < -0.39 is 0 Å². The van der Waals surface area contributed by atoms with Crippen molar-refractivity contribution in [3.05, 3.63) is 112 Å². The van der Waals surface area contributed by atoms with Crippen molar-refractivity contribution in [2.24, 2.45) is 22.2 Å². The van der Waals surface area contributed by atoms with E-state index >= 15 is 0 Å². The maximum atomic E-state index is 6.70. The van der Waals surface area contributed by atoms with E-state index in [-0.39, 0.29) is 10.9 Å². The molecule has 0 spiro atoms. The van der Waals surface area contributed by atoms with Gasteiger partial charge < -0.3 is 17.2 Å². The molecule has 1 aromatic heterocycles. The van der Waals surface area contributed by atoms with E-state index in [2.05, 4.69) is 9.98 Å². The first-order valence-electron chi connectivity index (χ1n) is 9.03. The number of hydrogen-bond donors (Lipinski definition) is 3. The van der Waals surface area contributed by atoms with Gasteiger partial charge in [0.1, 0.15) is 5.84 Å². The molecule has 0 saturated heterocycles. The van der Waals surface area contributed by atoms with Crippen LogP contribution in [0.25, 0.3) is 11.4 Å². The van der Waals surface area contributed by atoms with Crippen LogP contribution in [0.2, 0.25) is 0 Å². The van der Waals surface area contributed by atoms with Crippen molar-refractivity contribution in [3.8, 4) is 0 Å². The predicted molar refractivity (Wildman–Crippen MR) is 121 cm³/mol. The van der Waals surface area contributed by atoms with Crippen molar-refractivity contribution in [2.45, 2.75) is 6.54 Å². The number of rotatable bonds is 6. The summed E-state index contributed by atoms with van der Waals surface area (Å²) in [6.45, 7) is 0.348. The lowest BCUT2D eigenvalue weighted by atomic mass is 10.0. The fraction of sp³-hybridized carbons (Fsp3) is 0.0435. The largest absolute Gasteiger partial charge is 0.398 e. The van der Waals surface area contributed by atoms with E-state index in [0.717, 1.165) is 16.7 Å². The Morgan fingerprint density at radius 1 is 0.793 bits per heavy atom. The third kappa shape index (κ3) is 5.03. The Bertz CT molecular complexity index is 1040. The van der Waals surface area contributed by atoms with Crippen molar-refractivity contribution in [1.29, 1.82) is 0 Å². The number of aromatic nitrogens is 1. The molecule has 29 heavy (non-hydrogen) atoms. The van der Waals surface area contributed by atoms with Crippen LogP contribution in [0.5, 0.6) is 0 Å². The number of halogens is 1. The Labute approximate surface area is 175 Å². The fourth-order valence-electron chi connectivity index (χ4n) is 2.76. The van der Waals surface area contributed by atoms with Crippen molar-refractivity contribution in [2.75, 3.05) is 0 Å². The summed E-state index contributed by atoms with van der Waals surface area (Å²) in [5, 5.41) is 0.255. The van der Waals surface area contributed by atoms with E-state index in [1.54, 1.807) is 12.4 Å². The minimum Gasteiger partial charge on any atom is -0.398 e. The van der Waals surface area contributed by atoms with E-state index in [4.69, 9.17) is 28.8 Å². The minimum atomic E-state index is 0.207. The maximum absolute atomic E-state index is 6.70. The Kier molecular flexibility index (Phi) is 6.66. The molecule has 0 fully saturated rings. The van der Waals surface area contributed by atoms with E-state index in [9.17, 15) is 0 Å². The summed E-state index contributed by atoms with van der Waals surface area (Å²) in [5.41, 5.74) is 22.8. The number of nitrogens with zero attached hydrogens (tertiary/aromatic N) is 2. The number of benzene rings is 2. The highest BCUT2D eigenvalue weighted by Crippen LogP contribution is 2.28. The van der Waals surface area contributed by atoms with Crippen LogP contribution in [0, 0.1) is 0 Å². The van der Waals surface area contributed by atoms with Gasteiger partial charge in [-0.1, -0.05) is 78.3 Å². The van der Waals surface area contributed by atoms with Gasteiger partial charge in [0.05, 0.1) is 28.5 Å². The van der Waals surface area contributed by atoms with Gasteiger partial charge in [-0.3, -0.25) is 9.98 Å². The van der Waals surface area contributed by atoms with Gasteiger partial charge in [0.2, 0.25) is 0 Å². The minimum absolute atomic E-state index is 0.207. The van der Waals surface area contributed by atoms with Gasteiger partial charge in [0.25, 0.3) is 0 Å². The molecule has 2 aromatic carbocycles. The highest BCUT2D eigenvalue weighted by Gasteiger charge is 2.18. The Hall–Kier alpha value is -3.57. The highest BCUT2D eigenvalue weighted by atomic mass is 35.5. The summed E-state index contributed by atoms with van der Waals surface area (Å²) in [6, 6.07) is 22.6. The van der Waals surface area contributed by atoms with Crippen LogP contribution in [-0.4, -0.2) is 10.8 Å². The number of aliphatic imine (C=N–C) groups is 1. The van der Waals surface area contributed by atoms with Crippen molar-refractivity contribution in [3.63, 3.8) is 0 Å². The van der Waals surface area contributed by atoms with Gasteiger partial charge >= 0.3 is 0 Å². The highest BCUT2D eigenvalue weighted by molar-refractivity contribution is 6.39.